The molecule has 7 aromatic carbocycles. The maximum atomic E-state index is 5.24. The van der Waals surface area contributed by atoms with Gasteiger partial charge >= 0.3 is 0 Å². The van der Waals surface area contributed by atoms with E-state index < -0.39 is 0 Å². The summed E-state index contributed by atoms with van der Waals surface area (Å²) in [6.07, 6.45) is 2.16. The topological polar surface area (TPSA) is 35.6 Å². The number of para-hydroxylation sites is 3. The van der Waals surface area contributed by atoms with Gasteiger partial charge in [0, 0.05) is 50.2 Å². The van der Waals surface area contributed by atoms with Crippen molar-refractivity contribution in [1.82, 2.24) is 19.1 Å². The first-order valence-corrected chi connectivity index (χ1v) is 16.2. The second kappa shape index (κ2) is 10.5. The van der Waals surface area contributed by atoms with Crippen LogP contribution in [-0.2, 0) is 0 Å². The molecule has 4 heteroatoms. The van der Waals surface area contributed by atoms with Gasteiger partial charge in [0.2, 0.25) is 0 Å². The van der Waals surface area contributed by atoms with E-state index in [4.69, 9.17) is 9.97 Å². The predicted octanol–water partition coefficient (Wildman–Crippen LogP) is 11.2. The quantitative estimate of drug-likeness (QED) is 0.198. The second-order valence-electron chi connectivity index (χ2n) is 12.3. The zero-order valence-corrected chi connectivity index (χ0v) is 26.0. The van der Waals surface area contributed by atoms with E-state index in [1.54, 1.807) is 0 Å². The molecule has 10 aromatic rings. The first-order chi connectivity index (χ1) is 23.8. The lowest BCUT2D eigenvalue weighted by Gasteiger charge is -2.12. The van der Waals surface area contributed by atoms with E-state index in [9.17, 15) is 0 Å². The molecule has 0 atom stereocenters. The van der Waals surface area contributed by atoms with E-state index in [0.717, 1.165) is 39.1 Å². The molecular formula is C44H28N4. The Kier molecular flexibility index (Phi) is 5.84. The number of hydrogen-bond acceptors (Lipinski definition) is 2. The molecule has 4 nitrogen and oxygen atoms in total. The third-order valence-corrected chi connectivity index (χ3v) is 9.51. The van der Waals surface area contributed by atoms with Crippen LogP contribution in [0.1, 0.15) is 0 Å². The largest absolute Gasteiger partial charge is 0.317 e. The molecule has 0 bridgehead atoms. The third kappa shape index (κ3) is 4.16. The van der Waals surface area contributed by atoms with Crippen LogP contribution in [0.4, 0.5) is 0 Å². The van der Waals surface area contributed by atoms with Crippen LogP contribution in [0, 0.1) is 0 Å². The molecular weight excluding hydrogens is 585 g/mol. The molecule has 0 saturated carbocycles. The van der Waals surface area contributed by atoms with Crippen molar-refractivity contribution in [3.63, 3.8) is 0 Å². The standard InChI is InChI=1S/C44H28N4/c1-2-14-34(15-3-1)47-24-23-31-27-42-38(28-41(31)47)36-17-7-9-20-40(36)48(42)35-16-10-13-33(26-35)44-45-39-19-8-6-18-37(39)43(46-44)32-22-21-29-11-4-5-12-30(29)25-32/h1-28H. The molecule has 10 rings (SSSR count). The molecule has 0 N–H and O–H groups in total. The van der Waals surface area contributed by atoms with Crippen molar-refractivity contribution < 1.29 is 0 Å². The van der Waals surface area contributed by atoms with Gasteiger partial charge in [-0.15, -0.1) is 0 Å². The maximum absolute atomic E-state index is 5.24. The maximum Gasteiger partial charge on any atom is 0.160 e. The number of rotatable bonds is 4. The van der Waals surface area contributed by atoms with Gasteiger partial charge in [0.25, 0.3) is 0 Å². The number of aromatic nitrogens is 4. The molecule has 3 aromatic heterocycles. The Balaban J connectivity index is 1.16. The summed E-state index contributed by atoms with van der Waals surface area (Å²) in [5, 5.41) is 7.10. The summed E-state index contributed by atoms with van der Waals surface area (Å²) in [4.78, 5) is 10.3. The molecule has 0 amide bonds. The Labute approximate surface area is 276 Å². The number of hydrogen-bond donors (Lipinski definition) is 0. The molecule has 3 heterocycles. The van der Waals surface area contributed by atoms with Gasteiger partial charge in [0.15, 0.2) is 5.82 Å². The van der Waals surface area contributed by atoms with Crippen LogP contribution < -0.4 is 0 Å². The highest BCUT2D eigenvalue weighted by Crippen LogP contribution is 2.37. The molecule has 0 radical (unpaired) electrons. The van der Waals surface area contributed by atoms with Gasteiger partial charge in [-0.3, -0.25) is 0 Å². The molecule has 48 heavy (non-hydrogen) atoms. The van der Waals surface area contributed by atoms with Crippen molar-refractivity contribution in [1.29, 1.82) is 0 Å². The summed E-state index contributed by atoms with van der Waals surface area (Å²) in [7, 11) is 0. The van der Waals surface area contributed by atoms with Crippen LogP contribution in [0.15, 0.2) is 170 Å². The number of nitrogens with zero attached hydrogens (tertiary/aromatic N) is 4. The van der Waals surface area contributed by atoms with Crippen molar-refractivity contribution in [2.75, 3.05) is 0 Å². The predicted molar refractivity (Wildman–Crippen MR) is 199 cm³/mol. The van der Waals surface area contributed by atoms with E-state index in [1.807, 2.05) is 6.07 Å². The van der Waals surface area contributed by atoms with Gasteiger partial charge in [0.1, 0.15) is 0 Å². The number of fused-ring (bicyclic) bond motifs is 6. The first kappa shape index (κ1) is 26.7. The molecule has 0 fully saturated rings. The summed E-state index contributed by atoms with van der Waals surface area (Å²) in [5.41, 5.74) is 9.68. The molecule has 0 aliphatic heterocycles. The Hall–Kier alpha value is -6.52. The second-order valence-corrected chi connectivity index (χ2v) is 12.3. The minimum absolute atomic E-state index is 0.710. The Morgan fingerprint density at radius 3 is 2.08 bits per heavy atom. The van der Waals surface area contributed by atoms with Gasteiger partial charge in [-0.2, -0.15) is 0 Å². The van der Waals surface area contributed by atoms with E-state index >= 15 is 0 Å². The zero-order chi connectivity index (χ0) is 31.6. The van der Waals surface area contributed by atoms with Gasteiger partial charge in [0.05, 0.1) is 27.8 Å². The van der Waals surface area contributed by atoms with Crippen LogP contribution in [0.3, 0.4) is 0 Å². The first-order valence-electron chi connectivity index (χ1n) is 16.2. The fraction of sp³-hybridized carbons (Fsp3) is 0. The van der Waals surface area contributed by atoms with Crippen LogP contribution in [0.25, 0.3) is 88.4 Å². The molecule has 224 valence electrons. The van der Waals surface area contributed by atoms with Crippen molar-refractivity contribution in [2.24, 2.45) is 0 Å². The lowest BCUT2D eigenvalue weighted by atomic mass is 10.0. The van der Waals surface area contributed by atoms with Crippen molar-refractivity contribution in [3.05, 3.63) is 170 Å². The molecule has 0 saturated heterocycles. The minimum atomic E-state index is 0.710. The fourth-order valence-electron chi connectivity index (χ4n) is 7.24. The van der Waals surface area contributed by atoms with Crippen LogP contribution >= 0.6 is 0 Å². The van der Waals surface area contributed by atoms with Crippen LogP contribution in [0.2, 0.25) is 0 Å². The minimum Gasteiger partial charge on any atom is -0.317 e. The molecule has 0 aliphatic rings. The lowest BCUT2D eigenvalue weighted by molar-refractivity contribution is 1.13. The fourth-order valence-corrected chi connectivity index (χ4v) is 7.24. The summed E-state index contributed by atoms with van der Waals surface area (Å²) in [5.74, 6) is 0.710. The Morgan fingerprint density at radius 2 is 1.17 bits per heavy atom. The normalized spacial score (nSPS) is 11.8. The SMILES string of the molecule is c1ccc(-n2ccc3cc4c(cc32)c2ccccc2n4-c2cccc(-c3nc(-c4ccc5ccccc5c4)c4ccccc4n3)c2)cc1. The average molecular weight is 613 g/mol. The number of benzene rings is 7. The van der Waals surface area contributed by atoms with Crippen LogP contribution in [-0.4, -0.2) is 19.1 Å². The van der Waals surface area contributed by atoms with E-state index in [0.29, 0.717) is 5.82 Å². The van der Waals surface area contributed by atoms with Gasteiger partial charge in [-0.1, -0.05) is 103 Å². The highest BCUT2D eigenvalue weighted by molar-refractivity contribution is 6.13. The van der Waals surface area contributed by atoms with Crippen molar-refractivity contribution >= 4 is 54.4 Å². The van der Waals surface area contributed by atoms with E-state index in [-0.39, 0.29) is 0 Å². The smallest absolute Gasteiger partial charge is 0.160 e. The third-order valence-electron chi connectivity index (χ3n) is 9.51. The Morgan fingerprint density at radius 1 is 0.396 bits per heavy atom. The van der Waals surface area contributed by atoms with Gasteiger partial charge < -0.3 is 9.13 Å². The molecule has 0 aliphatic carbocycles. The van der Waals surface area contributed by atoms with E-state index in [2.05, 4.69) is 173 Å². The van der Waals surface area contributed by atoms with Crippen molar-refractivity contribution in [3.8, 4) is 34.0 Å². The van der Waals surface area contributed by atoms with Crippen LogP contribution in [0.5, 0.6) is 0 Å². The van der Waals surface area contributed by atoms with Crippen molar-refractivity contribution in [2.45, 2.75) is 0 Å². The lowest BCUT2D eigenvalue weighted by Crippen LogP contribution is -1.98. The van der Waals surface area contributed by atoms with Gasteiger partial charge in [-0.05, 0) is 71.4 Å². The average Bonchev–Trinajstić information content (AvgIpc) is 3.72. The Bertz CT molecular complexity index is 2840. The molecule has 0 unspecified atom stereocenters. The zero-order valence-electron chi connectivity index (χ0n) is 26.0. The molecule has 0 spiro atoms. The summed E-state index contributed by atoms with van der Waals surface area (Å²) in [6, 6.07) is 58.0. The monoisotopic (exact) mass is 612 g/mol. The highest BCUT2D eigenvalue weighted by Gasteiger charge is 2.17. The van der Waals surface area contributed by atoms with E-state index in [1.165, 1.54) is 43.5 Å². The highest BCUT2D eigenvalue weighted by atomic mass is 15.0. The van der Waals surface area contributed by atoms with Gasteiger partial charge in [-0.25, -0.2) is 9.97 Å². The summed E-state index contributed by atoms with van der Waals surface area (Å²) >= 11 is 0. The summed E-state index contributed by atoms with van der Waals surface area (Å²) in [6.45, 7) is 0. The summed E-state index contributed by atoms with van der Waals surface area (Å²) < 4.78 is 4.64.